The van der Waals surface area contributed by atoms with Crippen LogP contribution in [0, 0.1) is 13.8 Å². The maximum absolute atomic E-state index is 13.0. The molecule has 3 aromatic carbocycles. The first-order chi connectivity index (χ1) is 14.5. The third-order valence-corrected chi connectivity index (χ3v) is 5.44. The topological polar surface area (TPSA) is 34.0 Å². The third kappa shape index (κ3) is 4.17. The van der Waals surface area contributed by atoms with Crippen LogP contribution in [0.5, 0.6) is 0 Å². The first-order valence-electron chi connectivity index (χ1n) is 9.90. The maximum Gasteiger partial charge on any atom is 0.253 e. The second kappa shape index (κ2) is 8.60. The largest absolute Gasteiger partial charge is 0.348 e. The first-order valence-corrected chi connectivity index (χ1v) is 10.3. The lowest BCUT2D eigenvalue weighted by Gasteiger charge is -2.13. The van der Waals surface area contributed by atoms with Gasteiger partial charge in [0.1, 0.15) is 0 Å². The van der Waals surface area contributed by atoms with Gasteiger partial charge in [0.15, 0.2) is 0 Å². The SMILES string of the molecule is Cc1cccc(-n2c(-c3ccc(Cl)cc3)cc(C(=O)NCc3ccccc3)c2C)c1. The van der Waals surface area contributed by atoms with Gasteiger partial charge in [-0.3, -0.25) is 4.79 Å². The van der Waals surface area contributed by atoms with Crippen molar-refractivity contribution in [3.8, 4) is 16.9 Å². The van der Waals surface area contributed by atoms with Gasteiger partial charge in [-0.05, 0) is 60.9 Å². The molecule has 0 saturated carbocycles. The van der Waals surface area contributed by atoms with E-state index in [4.69, 9.17) is 11.6 Å². The lowest BCUT2D eigenvalue weighted by Crippen LogP contribution is -2.23. The zero-order valence-electron chi connectivity index (χ0n) is 17.0. The van der Waals surface area contributed by atoms with Crippen molar-refractivity contribution in [2.24, 2.45) is 0 Å². The van der Waals surface area contributed by atoms with Gasteiger partial charge in [0.2, 0.25) is 0 Å². The molecule has 4 aromatic rings. The Bertz CT molecular complexity index is 1180. The number of nitrogens with zero attached hydrogens (tertiary/aromatic N) is 1. The molecule has 0 spiro atoms. The highest BCUT2D eigenvalue weighted by Crippen LogP contribution is 2.30. The van der Waals surface area contributed by atoms with E-state index in [1.165, 1.54) is 0 Å². The van der Waals surface area contributed by atoms with Crippen LogP contribution in [0.3, 0.4) is 0 Å². The van der Waals surface area contributed by atoms with Crippen LogP contribution in [-0.2, 0) is 6.54 Å². The van der Waals surface area contributed by atoms with E-state index in [1.54, 1.807) is 0 Å². The van der Waals surface area contributed by atoms with Crippen molar-refractivity contribution in [1.29, 1.82) is 0 Å². The number of aromatic nitrogens is 1. The summed E-state index contributed by atoms with van der Waals surface area (Å²) in [6.45, 7) is 4.54. The second-order valence-electron chi connectivity index (χ2n) is 7.38. The van der Waals surface area contributed by atoms with E-state index in [1.807, 2.05) is 73.7 Å². The summed E-state index contributed by atoms with van der Waals surface area (Å²) in [6, 6.07) is 27.9. The van der Waals surface area contributed by atoms with Crippen LogP contribution >= 0.6 is 11.6 Å². The number of rotatable bonds is 5. The van der Waals surface area contributed by atoms with E-state index in [9.17, 15) is 4.79 Å². The number of halogens is 1. The minimum absolute atomic E-state index is 0.0852. The molecular formula is C26H23ClN2O. The Morgan fingerprint density at radius 3 is 2.33 bits per heavy atom. The van der Waals surface area contributed by atoms with Gasteiger partial charge in [-0.1, -0.05) is 66.2 Å². The Labute approximate surface area is 181 Å². The minimum atomic E-state index is -0.0852. The van der Waals surface area contributed by atoms with E-state index in [0.29, 0.717) is 17.1 Å². The van der Waals surface area contributed by atoms with Crippen LogP contribution in [0.1, 0.15) is 27.2 Å². The summed E-state index contributed by atoms with van der Waals surface area (Å²) in [4.78, 5) is 13.0. The summed E-state index contributed by atoms with van der Waals surface area (Å²) in [5.41, 5.74) is 6.79. The van der Waals surface area contributed by atoms with E-state index >= 15 is 0 Å². The molecular weight excluding hydrogens is 392 g/mol. The minimum Gasteiger partial charge on any atom is -0.348 e. The quantitative estimate of drug-likeness (QED) is 0.406. The van der Waals surface area contributed by atoms with Gasteiger partial charge in [-0.2, -0.15) is 0 Å². The predicted molar refractivity (Wildman–Crippen MR) is 123 cm³/mol. The molecule has 0 atom stereocenters. The molecule has 0 aliphatic carbocycles. The monoisotopic (exact) mass is 414 g/mol. The van der Waals surface area contributed by atoms with Crippen LogP contribution in [0.2, 0.25) is 5.02 Å². The van der Waals surface area contributed by atoms with E-state index in [2.05, 4.69) is 35.0 Å². The lowest BCUT2D eigenvalue weighted by atomic mass is 10.1. The van der Waals surface area contributed by atoms with Gasteiger partial charge >= 0.3 is 0 Å². The molecule has 1 N–H and O–H groups in total. The highest BCUT2D eigenvalue weighted by molar-refractivity contribution is 6.30. The van der Waals surface area contributed by atoms with E-state index < -0.39 is 0 Å². The van der Waals surface area contributed by atoms with Gasteiger partial charge in [0, 0.05) is 22.9 Å². The van der Waals surface area contributed by atoms with Crippen LogP contribution in [0.25, 0.3) is 16.9 Å². The normalized spacial score (nSPS) is 10.8. The molecule has 1 heterocycles. The second-order valence-corrected chi connectivity index (χ2v) is 7.81. The van der Waals surface area contributed by atoms with E-state index in [0.717, 1.165) is 33.8 Å². The fraction of sp³-hybridized carbons (Fsp3) is 0.115. The van der Waals surface area contributed by atoms with Crippen molar-refractivity contribution >= 4 is 17.5 Å². The maximum atomic E-state index is 13.0. The number of carbonyl (C=O) groups is 1. The van der Waals surface area contributed by atoms with Crippen molar-refractivity contribution in [3.63, 3.8) is 0 Å². The van der Waals surface area contributed by atoms with Crippen molar-refractivity contribution in [2.45, 2.75) is 20.4 Å². The van der Waals surface area contributed by atoms with Crippen molar-refractivity contribution in [1.82, 2.24) is 9.88 Å². The first kappa shape index (κ1) is 20.0. The fourth-order valence-corrected chi connectivity index (χ4v) is 3.77. The Balaban J connectivity index is 1.75. The smallest absolute Gasteiger partial charge is 0.253 e. The lowest BCUT2D eigenvalue weighted by molar-refractivity contribution is 0.0950. The molecule has 0 fully saturated rings. The van der Waals surface area contributed by atoms with Crippen LogP contribution in [0.15, 0.2) is 84.9 Å². The zero-order chi connectivity index (χ0) is 21.1. The van der Waals surface area contributed by atoms with Crippen molar-refractivity contribution in [3.05, 3.63) is 112 Å². The summed E-state index contributed by atoms with van der Waals surface area (Å²) >= 11 is 6.09. The number of nitrogens with one attached hydrogen (secondary N) is 1. The molecule has 0 unspecified atom stereocenters. The molecule has 0 aliphatic heterocycles. The van der Waals surface area contributed by atoms with Gasteiger partial charge < -0.3 is 9.88 Å². The van der Waals surface area contributed by atoms with Gasteiger partial charge in [-0.25, -0.2) is 0 Å². The molecule has 0 saturated heterocycles. The van der Waals surface area contributed by atoms with Gasteiger partial charge in [0.05, 0.1) is 11.3 Å². The Kier molecular flexibility index (Phi) is 5.73. The third-order valence-electron chi connectivity index (χ3n) is 5.19. The van der Waals surface area contributed by atoms with Gasteiger partial charge in [-0.15, -0.1) is 0 Å². The summed E-state index contributed by atoms with van der Waals surface area (Å²) in [5.74, 6) is -0.0852. The average Bonchev–Trinajstić information content (AvgIpc) is 3.10. The Hall–Kier alpha value is -3.30. The number of aryl methyl sites for hydroxylation is 1. The Morgan fingerprint density at radius 2 is 1.63 bits per heavy atom. The van der Waals surface area contributed by atoms with Crippen LogP contribution in [-0.4, -0.2) is 10.5 Å². The molecule has 30 heavy (non-hydrogen) atoms. The standard InChI is InChI=1S/C26H23ClN2O/c1-18-7-6-10-23(15-18)29-19(2)24(16-25(29)21-11-13-22(27)14-12-21)26(30)28-17-20-8-4-3-5-9-20/h3-16H,17H2,1-2H3,(H,28,30). The molecule has 1 amide bonds. The highest BCUT2D eigenvalue weighted by Gasteiger charge is 2.19. The number of amides is 1. The molecule has 3 nitrogen and oxygen atoms in total. The predicted octanol–water partition coefficient (Wildman–Crippen LogP) is 6.34. The van der Waals surface area contributed by atoms with Crippen molar-refractivity contribution in [2.75, 3.05) is 0 Å². The summed E-state index contributed by atoms with van der Waals surface area (Å²) in [5, 5.41) is 3.73. The molecule has 0 radical (unpaired) electrons. The van der Waals surface area contributed by atoms with E-state index in [-0.39, 0.29) is 5.91 Å². The molecule has 4 rings (SSSR count). The molecule has 4 heteroatoms. The average molecular weight is 415 g/mol. The number of hydrogen-bond donors (Lipinski definition) is 1. The van der Waals surface area contributed by atoms with Crippen LogP contribution in [0.4, 0.5) is 0 Å². The molecule has 0 aliphatic rings. The highest BCUT2D eigenvalue weighted by atomic mass is 35.5. The summed E-state index contributed by atoms with van der Waals surface area (Å²) < 4.78 is 2.13. The zero-order valence-corrected chi connectivity index (χ0v) is 17.8. The van der Waals surface area contributed by atoms with Crippen LogP contribution < -0.4 is 5.32 Å². The van der Waals surface area contributed by atoms with Gasteiger partial charge in [0.25, 0.3) is 5.91 Å². The van der Waals surface area contributed by atoms with Crippen molar-refractivity contribution < 1.29 is 4.79 Å². The molecule has 0 bridgehead atoms. The number of hydrogen-bond acceptors (Lipinski definition) is 1. The fourth-order valence-electron chi connectivity index (χ4n) is 3.64. The summed E-state index contributed by atoms with van der Waals surface area (Å²) in [6.07, 6.45) is 0. The Morgan fingerprint density at radius 1 is 0.900 bits per heavy atom. The summed E-state index contributed by atoms with van der Waals surface area (Å²) in [7, 11) is 0. The molecule has 1 aromatic heterocycles. The number of carbonyl (C=O) groups excluding carboxylic acids is 1. The number of benzene rings is 3. The molecule has 150 valence electrons.